The highest BCUT2D eigenvalue weighted by atomic mass is 19.1. The van der Waals surface area contributed by atoms with E-state index in [2.05, 4.69) is 23.7 Å². The molecule has 1 aliphatic heterocycles. The molecule has 2 N–H and O–H groups in total. The van der Waals surface area contributed by atoms with Crippen molar-refractivity contribution in [1.82, 2.24) is 9.88 Å². The number of halogens is 1. The van der Waals surface area contributed by atoms with Gasteiger partial charge in [-0.15, -0.1) is 0 Å². The Morgan fingerprint density at radius 1 is 1.47 bits per heavy atom. The molecule has 1 aliphatic rings. The molecule has 0 aromatic carbocycles. The molecule has 2 heterocycles. The van der Waals surface area contributed by atoms with E-state index in [-0.39, 0.29) is 11.9 Å². The lowest BCUT2D eigenvalue weighted by molar-refractivity contribution is 0.132. The van der Waals surface area contributed by atoms with Crippen molar-refractivity contribution in [2.45, 2.75) is 45.2 Å². The number of hydrogen-bond acceptors (Lipinski definition) is 3. The second-order valence-electron chi connectivity index (χ2n) is 5.74. The average Bonchev–Trinajstić information content (AvgIpc) is 2.41. The average molecular weight is 265 g/mol. The zero-order valence-electron chi connectivity index (χ0n) is 11.8. The summed E-state index contributed by atoms with van der Waals surface area (Å²) < 4.78 is 12.9. The van der Waals surface area contributed by atoms with Gasteiger partial charge in [-0.05, 0) is 44.4 Å². The van der Waals surface area contributed by atoms with E-state index in [1.165, 1.54) is 31.5 Å². The predicted molar refractivity (Wildman–Crippen MR) is 75.2 cm³/mol. The van der Waals surface area contributed by atoms with Gasteiger partial charge >= 0.3 is 0 Å². The van der Waals surface area contributed by atoms with E-state index in [0.717, 1.165) is 18.8 Å². The van der Waals surface area contributed by atoms with Gasteiger partial charge in [-0.25, -0.2) is 4.39 Å². The topological polar surface area (TPSA) is 42.1 Å². The largest absolute Gasteiger partial charge is 0.322 e. The zero-order valence-corrected chi connectivity index (χ0v) is 11.8. The molecule has 0 radical (unpaired) electrons. The minimum absolute atomic E-state index is 0.130. The predicted octanol–water partition coefficient (Wildman–Crippen LogP) is 2.73. The van der Waals surface area contributed by atoms with Gasteiger partial charge in [-0.2, -0.15) is 0 Å². The Bertz CT molecular complexity index is 393. The van der Waals surface area contributed by atoms with E-state index in [9.17, 15) is 4.39 Å². The number of rotatable bonds is 4. The Labute approximate surface area is 115 Å². The van der Waals surface area contributed by atoms with Crippen LogP contribution in [0.5, 0.6) is 0 Å². The molecule has 3 nitrogen and oxygen atoms in total. The Kier molecular flexibility index (Phi) is 4.88. The highest BCUT2D eigenvalue weighted by Gasteiger charge is 2.23. The molecule has 0 spiro atoms. The molecule has 0 saturated carbocycles. The van der Waals surface area contributed by atoms with Gasteiger partial charge in [0.2, 0.25) is 0 Å². The molecule has 2 rings (SSSR count). The number of aromatic nitrogens is 1. The van der Waals surface area contributed by atoms with Crippen molar-refractivity contribution in [3.8, 4) is 0 Å². The first-order valence-electron chi connectivity index (χ1n) is 7.19. The first kappa shape index (κ1) is 14.4. The fourth-order valence-electron chi connectivity index (χ4n) is 2.79. The van der Waals surface area contributed by atoms with Gasteiger partial charge in [0.25, 0.3) is 0 Å². The highest BCUT2D eigenvalue weighted by Crippen LogP contribution is 2.23. The van der Waals surface area contributed by atoms with E-state index in [4.69, 9.17) is 5.73 Å². The quantitative estimate of drug-likeness (QED) is 0.910. The molecule has 3 atom stereocenters. The van der Waals surface area contributed by atoms with Crippen LogP contribution in [0.15, 0.2) is 18.3 Å². The van der Waals surface area contributed by atoms with Crippen molar-refractivity contribution in [2.75, 3.05) is 13.1 Å². The van der Waals surface area contributed by atoms with Gasteiger partial charge < -0.3 is 10.6 Å². The molecular formula is C15H24FN3. The molecule has 3 unspecified atom stereocenters. The number of piperidine rings is 1. The van der Waals surface area contributed by atoms with Gasteiger partial charge in [0.15, 0.2) is 0 Å². The molecule has 19 heavy (non-hydrogen) atoms. The minimum Gasteiger partial charge on any atom is -0.322 e. The Balaban J connectivity index is 1.94. The van der Waals surface area contributed by atoms with Crippen molar-refractivity contribution in [1.29, 1.82) is 0 Å². The Hall–Kier alpha value is -1.00. The van der Waals surface area contributed by atoms with Gasteiger partial charge in [-0.3, -0.25) is 4.98 Å². The molecule has 106 valence electrons. The molecule has 4 heteroatoms. The summed E-state index contributed by atoms with van der Waals surface area (Å²) in [4.78, 5) is 6.60. The second-order valence-corrected chi connectivity index (χ2v) is 5.74. The fourth-order valence-corrected chi connectivity index (χ4v) is 2.79. The molecule has 0 amide bonds. The second kappa shape index (κ2) is 6.44. The van der Waals surface area contributed by atoms with Crippen LogP contribution in [0.1, 0.15) is 44.8 Å². The first-order chi connectivity index (χ1) is 9.08. The number of hydrogen-bond donors (Lipinski definition) is 1. The minimum atomic E-state index is -0.312. The van der Waals surface area contributed by atoms with Crippen LogP contribution in [0.4, 0.5) is 4.39 Å². The van der Waals surface area contributed by atoms with E-state index in [1.807, 2.05) is 0 Å². The van der Waals surface area contributed by atoms with Gasteiger partial charge in [0, 0.05) is 12.6 Å². The Morgan fingerprint density at radius 2 is 2.26 bits per heavy atom. The summed E-state index contributed by atoms with van der Waals surface area (Å²) in [6.07, 6.45) is 5.13. The van der Waals surface area contributed by atoms with Crippen LogP contribution in [0, 0.1) is 11.7 Å². The summed E-state index contributed by atoms with van der Waals surface area (Å²) in [6, 6.07) is 3.63. The third kappa shape index (κ3) is 3.74. The summed E-state index contributed by atoms with van der Waals surface area (Å²) >= 11 is 0. The third-order valence-corrected chi connectivity index (χ3v) is 4.17. The van der Waals surface area contributed by atoms with Crippen LogP contribution >= 0.6 is 0 Å². The van der Waals surface area contributed by atoms with Crippen molar-refractivity contribution in [2.24, 2.45) is 11.7 Å². The molecule has 0 bridgehead atoms. The smallest absolute Gasteiger partial charge is 0.141 e. The van der Waals surface area contributed by atoms with E-state index in [0.29, 0.717) is 12.0 Å². The molecular weight excluding hydrogens is 241 g/mol. The molecule has 1 aromatic heterocycles. The number of pyridine rings is 1. The van der Waals surface area contributed by atoms with Crippen molar-refractivity contribution < 1.29 is 4.39 Å². The van der Waals surface area contributed by atoms with E-state index in [1.54, 1.807) is 6.07 Å². The van der Waals surface area contributed by atoms with Crippen molar-refractivity contribution in [3.05, 3.63) is 29.8 Å². The van der Waals surface area contributed by atoms with Crippen LogP contribution in [0.2, 0.25) is 0 Å². The SMILES string of the molecule is CC(CN1CCCCC1C)C(N)c1ccc(F)cn1. The summed E-state index contributed by atoms with van der Waals surface area (Å²) in [7, 11) is 0. The summed E-state index contributed by atoms with van der Waals surface area (Å²) in [5.41, 5.74) is 7.02. The van der Waals surface area contributed by atoms with Gasteiger partial charge in [0.05, 0.1) is 17.9 Å². The van der Waals surface area contributed by atoms with E-state index < -0.39 is 0 Å². The van der Waals surface area contributed by atoms with Crippen LogP contribution in [0.3, 0.4) is 0 Å². The van der Waals surface area contributed by atoms with Crippen LogP contribution < -0.4 is 5.73 Å². The molecule has 1 fully saturated rings. The van der Waals surface area contributed by atoms with Crippen LogP contribution in [-0.4, -0.2) is 29.0 Å². The standard InChI is InChI=1S/C15H24FN3/c1-11(10-19-8-4-3-5-12(19)2)15(17)14-7-6-13(16)9-18-14/h6-7,9,11-12,15H,3-5,8,10,17H2,1-2H3. The summed E-state index contributed by atoms with van der Waals surface area (Å²) in [5, 5.41) is 0. The number of nitrogens with two attached hydrogens (primary N) is 1. The fraction of sp³-hybridized carbons (Fsp3) is 0.667. The van der Waals surface area contributed by atoms with E-state index >= 15 is 0 Å². The lowest BCUT2D eigenvalue weighted by Crippen LogP contribution is -2.42. The maximum absolute atomic E-state index is 12.9. The summed E-state index contributed by atoms with van der Waals surface area (Å²) in [6.45, 7) is 6.58. The monoisotopic (exact) mass is 265 g/mol. The lowest BCUT2D eigenvalue weighted by Gasteiger charge is -2.36. The highest BCUT2D eigenvalue weighted by molar-refractivity contribution is 5.10. The Morgan fingerprint density at radius 3 is 2.89 bits per heavy atom. The van der Waals surface area contributed by atoms with Gasteiger partial charge in [0.1, 0.15) is 5.82 Å². The van der Waals surface area contributed by atoms with Crippen molar-refractivity contribution in [3.63, 3.8) is 0 Å². The number of likely N-dealkylation sites (tertiary alicyclic amines) is 1. The molecule has 0 aliphatic carbocycles. The first-order valence-corrected chi connectivity index (χ1v) is 7.19. The van der Waals surface area contributed by atoms with Crippen LogP contribution in [0.25, 0.3) is 0 Å². The van der Waals surface area contributed by atoms with Crippen LogP contribution in [-0.2, 0) is 0 Å². The molecule has 1 saturated heterocycles. The number of nitrogens with zero attached hydrogens (tertiary/aromatic N) is 2. The lowest BCUT2D eigenvalue weighted by atomic mass is 9.95. The van der Waals surface area contributed by atoms with Gasteiger partial charge in [-0.1, -0.05) is 13.3 Å². The molecule has 1 aromatic rings. The normalized spacial score (nSPS) is 24.1. The summed E-state index contributed by atoms with van der Waals surface area (Å²) in [5.74, 6) is 0.00627. The zero-order chi connectivity index (χ0) is 13.8. The maximum atomic E-state index is 12.9. The third-order valence-electron chi connectivity index (χ3n) is 4.17. The van der Waals surface area contributed by atoms with Crippen molar-refractivity contribution >= 4 is 0 Å². The maximum Gasteiger partial charge on any atom is 0.141 e.